The van der Waals surface area contributed by atoms with Crippen LogP contribution < -0.4 is 0 Å². The lowest BCUT2D eigenvalue weighted by atomic mass is 10.7. The predicted molar refractivity (Wildman–Crippen MR) is 53.2 cm³/mol. The molecule has 0 rings (SSSR count). The Morgan fingerprint density at radius 2 is 1.54 bits per heavy atom. The largest absolute Gasteiger partial charge is 0.430 e. The summed E-state index contributed by atoms with van der Waals surface area (Å²) >= 11 is 0. The van der Waals surface area contributed by atoms with Crippen molar-refractivity contribution in [3.8, 4) is 0 Å². The molecule has 5 heteroatoms. The maximum absolute atomic E-state index is 9.41. The van der Waals surface area contributed by atoms with Crippen molar-refractivity contribution in [1.29, 1.82) is 0 Å². The SMILES string of the molecule is COCCOCCOC[Si](C)(C)O. The molecule has 0 amide bonds. The van der Waals surface area contributed by atoms with Crippen LogP contribution in [0.25, 0.3) is 0 Å². The average molecular weight is 208 g/mol. The predicted octanol–water partition coefficient (Wildman–Crippen LogP) is 0.403. The number of hydrogen-bond donors (Lipinski definition) is 1. The molecule has 0 aromatic heterocycles. The second kappa shape index (κ2) is 7.46. The van der Waals surface area contributed by atoms with E-state index in [0.717, 1.165) is 0 Å². The van der Waals surface area contributed by atoms with E-state index >= 15 is 0 Å². The molecule has 80 valence electrons. The zero-order chi connectivity index (χ0) is 10.2. The van der Waals surface area contributed by atoms with E-state index in [4.69, 9.17) is 14.2 Å². The number of ether oxygens (including phenoxy) is 3. The van der Waals surface area contributed by atoms with Gasteiger partial charge < -0.3 is 19.0 Å². The smallest absolute Gasteiger partial charge is 0.207 e. The van der Waals surface area contributed by atoms with Crippen LogP contribution in [0, 0.1) is 0 Å². The summed E-state index contributed by atoms with van der Waals surface area (Å²) in [6.45, 7) is 6.01. The minimum atomic E-state index is -2.04. The summed E-state index contributed by atoms with van der Waals surface area (Å²) in [6.07, 6.45) is 0.473. The summed E-state index contributed by atoms with van der Waals surface area (Å²) in [5.74, 6) is 0. The lowest BCUT2D eigenvalue weighted by molar-refractivity contribution is 0.0323. The van der Waals surface area contributed by atoms with Crippen LogP contribution in [0.4, 0.5) is 0 Å². The topological polar surface area (TPSA) is 47.9 Å². The third kappa shape index (κ3) is 12.1. The highest BCUT2D eigenvalue weighted by Gasteiger charge is 2.16. The Kier molecular flexibility index (Phi) is 7.49. The molecule has 0 aromatic carbocycles. The molecule has 0 saturated heterocycles. The van der Waals surface area contributed by atoms with Crippen molar-refractivity contribution in [3.63, 3.8) is 0 Å². The van der Waals surface area contributed by atoms with Gasteiger partial charge in [0.2, 0.25) is 8.32 Å². The standard InChI is InChI=1S/C8H20O4Si/c1-10-4-5-11-6-7-12-8-13(2,3)9/h9H,4-8H2,1-3H3. The molecule has 1 N–H and O–H groups in total. The van der Waals surface area contributed by atoms with Crippen molar-refractivity contribution in [3.05, 3.63) is 0 Å². The average Bonchev–Trinajstić information content (AvgIpc) is 2.01. The van der Waals surface area contributed by atoms with E-state index in [9.17, 15) is 4.80 Å². The second-order valence-corrected chi connectivity index (χ2v) is 7.38. The van der Waals surface area contributed by atoms with E-state index in [0.29, 0.717) is 32.7 Å². The molecule has 0 aliphatic heterocycles. The summed E-state index contributed by atoms with van der Waals surface area (Å²) in [5.41, 5.74) is 0. The van der Waals surface area contributed by atoms with E-state index < -0.39 is 8.32 Å². The first-order valence-corrected chi connectivity index (χ1v) is 7.58. The van der Waals surface area contributed by atoms with Crippen molar-refractivity contribution in [2.24, 2.45) is 0 Å². The zero-order valence-electron chi connectivity index (χ0n) is 8.71. The Balaban J connectivity index is 3.00. The van der Waals surface area contributed by atoms with Gasteiger partial charge in [-0.05, 0) is 13.1 Å². The monoisotopic (exact) mass is 208 g/mol. The summed E-state index contributed by atoms with van der Waals surface area (Å²) in [4.78, 5) is 9.41. The first-order valence-electron chi connectivity index (χ1n) is 4.43. The van der Waals surface area contributed by atoms with Crippen molar-refractivity contribution < 1.29 is 19.0 Å². The second-order valence-electron chi connectivity index (χ2n) is 3.47. The molecule has 0 unspecified atom stereocenters. The Bertz CT molecular complexity index is 113. The van der Waals surface area contributed by atoms with Gasteiger partial charge >= 0.3 is 0 Å². The molecule has 0 atom stereocenters. The number of methoxy groups -OCH3 is 1. The van der Waals surface area contributed by atoms with Gasteiger partial charge in [0.25, 0.3) is 0 Å². The Morgan fingerprint density at radius 1 is 1.00 bits per heavy atom. The first kappa shape index (κ1) is 13.1. The molecule has 0 radical (unpaired) electrons. The van der Waals surface area contributed by atoms with Crippen LogP contribution in [0.2, 0.25) is 13.1 Å². The first-order chi connectivity index (χ1) is 6.06. The van der Waals surface area contributed by atoms with E-state index in [1.165, 1.54) is 0 Å². The molecular formula is C8H20O4Si. The highest BCUT2D eigenvalue weighted by molar-refractivity contribution is 6.69. The van der Waals surface area contributed by atoms with E-state index in [2.05, 4.69) is 0 Å². The molecule has 0 aliphatic carbocycles. The summed E-state index contributed by atoms with van der Waals surface area (Å²) < 4.78 is 15.2. The summed E-state index contributed by atoms with van der Waals surface area (Å²) in [7, 11) is -0.396. The van der Waals surface area contributed by atoms with Gasteiger partial charge in [0.05, 0.1) is 32.7 Å². The van der Waals surface area contributed by atoms with E-state index in [1.54, 1.807) is 7.11 Å². The highest BCUT2D eigenvalue weighted by atomic mass is 28.4. The van der Waals surface area contributed by atoms with Gasteiger partial charge in [-0.3, -0.25) is 0 Å². The number of rotatable bonds is 8. The van der Waals surface area contributed by atoms with Gasteiger partial charge in [0.15, 0.2) is 0 Å². The molecule has 0 saturated carbocycles. The van der Waals surface area contributed by atoms with Crippen LogP contribution in [0.15, 0.2) is 0 Å². The zero-order valence-corrected chi connectivity index (χ0v) is 9.71. The van der Waals surface area contributed by atoms with E-state index in [-0.39, 0.29) is 0 Å². The van der Waals surface area contributed by atoms with Crippen LogP contribution in [0.3, 0.4) is 0 Å². The summed E-state index contributed by atoms with van der Waals surface area (Å²) in [5, 5.41) is 0. The minimum Gasteiger partial charge on any atom is -0.430 e. The van der Waals surface area contributed by atoms with Crippen molar-refractivity contribution in [2.75, 3.05) is 39.8 Å². The lowest BCUT2D eigenvalue weighted by Gasteiger charge is -2.13. The molecule has 0 heterocycles. The number of hydrogen-bond acceptors (Lipinski definition) is 4. The third-order valence-electron chi connectivity index (χ3n) is 1.26. The van der Waals surface area contributed by atoms with E-state index in [1.807, 2.05) is 13.1 Å². The van der Waals surface area contributed by atoms with Gasteiger partial charge in [0.1, 0.15) is 0 Å². The fourth-order valence-electron chi connectivity index (χ4n) is 0.684. The fraction of sp³-hybridized carbons (Fsp3) is 1.00. The van der Waals surface area contributed by atoms with Crippen LogP contribution in [0.1, 0.15) is 0 Å². The third-order valence-corrected chi connectivity index (χ3v) is 2.17. The quantitative estimate of drug-likeness (QED) is 0.463. The highest BCUT2D eigenvalue weighted by Crippen LogP contribution is 1.95. The molecular weight excluding hydrogens is 188 g/mol. The molecule has 4 nitrogen and oxygen atoms in total. The molecule has 0 fully saturated rings. The maximum Gasteiger partial charge on any atom is 0.207 e. The van der Waals surface area contributed by atoms with Crippen LogP contribution in [-0.4, -0.2) is 52.9 Å². The Labute approximate surface area is 80.9 Å². The van der Waals surface area contributed by atoms with Gasteiger partial charge in [0, 0.05) is 7.11 Å². The maximum atomic E-state index is 9.41. The lowest BCUT2D eigenvalue weighted by Crippen LogP contribution is -2.33. The van der Waals surface area contributed by atoms with Gasteiger partial charge in [-0.25, -0.2) is 0 Å². The van der Waals surface area contributed by atoms with Gasteiger partial charge in [-0.1, -0.05) is 0 Å². The molecule has 0 aliphatic rings. The minimum absolute atomic E-state index is 0.473. The Morgan fingerprint density at radius 3 is 2.08 bits per heavy atom. The van der Waals surface area contributed by atoms with Crippen molar-refractivity contribution in [2.45, 2.75) is 13.1 Å². The van der Waals surface area contributed by atoms with Gasteiger partial charge in [-0.2, -0.15) is 0 Å². The van der Waals surface area contributed by atoms with Crippen molar-refractivity contribution >= 4 is 8.32 Å². The fourth-order valence-corrected chi connectivity index (χ4v) is 1.33. The molecule has 0 aromatic rings. The van der Waals surface area contributed by atoms with Crippen LogP contribution >= 0.6 is 0 Å². The van der Waals surface area contributed by atoms with Crippen molar-refractivity contribution in [1.82, 2.24) is 0 Å². The molecule has 0 bridgehead atoms. The Hall–Kier alpha value is 0.0569. The van der Waals surface area contributed by atoms with Crippen LogP contribution in [-0.2, 0) is 14.2 Å². The van der Waals surface area contributed by atoms with Crippen LogP contribution in [0.5, 0.6) is 0 Å². The summed E-state index contributed by atoms with van der Waals surface area (Å²) in [6, 6.07) is 0. The van der Waals surface area contributed by atoms with Gasteiger partial charge in [-0.15, -0.1) is 0 Å². The normalized spacial score (nSPS) is 12.0. The molecule has 13 heavy (non-hydrogen) atoms. The molecule has 0 spiro atoms.